The van der Waals surface area contributed by atoms with Crippen LogP contribution in [-0.2, 0) is 6.42 Å². The Morgan fingerprint density at radius 1 is 1.53 bits per heavy atom. The van der Waals surface area contributed by atoms with Gasteiger partial charge in [-0.15, -0.1) is 0 Å². The maximum atomic E-state index is 10.3. The van der Waals surface area contributed by atoms with Crippen LogP contribution in [0.5, 0.6) is 11.5 Å². The summed E-state index contributed by atoms with van der Waals surface area (Å²) in [7, 11) is 1.64. The van der Waals surface area contributed by atoms with Crippen LogP contribution in [0.2, 0.25) is 0 Å². The second-order valence-electron chi connectivity index (χ2n) is 5.05. The van der Waals surface area contributed by atoms with Crippen molar-refractivity contribution < 1.29 is 14.6 Å². The minimum atomic E-state index is -0.577. The summed E-state index contributed by atoms with van der Waals surface area (Å²) in [6, 6.07) is 3.90. The predicted octanol–water partition coefficient (Wildman–Crippen LogP) is 2.05. The second-order valence-corrected chi connectivity index (χ2v) is 5.05. The first-order valence-electron chi connectivity index (χ1n) is 6.92. The van der Waals surface area contributed by atoms with E-state index in [0.29, 0.717) is 6.54 Å². The molecule has 4 heteroatoms. The van der Waals surface area contributed by atoms with Crippen molar-refractivity contribution in [3.8, 4) is 11.5 Å². The number of ether oxygens (including phenoxy) is 2. The summed E-state index contributed by atoms with van der Waals surface area (Å²) in [4.78, 5) is 0. The molecule has 0 amide bonds. The number of hydrogen-bond donors (Lipinski definition) is 2. The third-order valence-electron chi connectivity index (χ3n) is 3.37. The van der Waals surface area contributed by atoms with Gasteiger partial charge in [0.15, 0.2) is 0 Å². The van der Waals surface area contributed by atoms with E-state index in [4.69, 9.17) is 9.47 Å². The molecule has 2 rings (SSSR count). The molecule has 0 radical (unpaired) electrons. The summed E-state index contributed by atoms with van der Waals surface area (Å²) >= 11 is 0. The highest BCUT2D eigenvalue weighted by molar-refractivity contribution is 5.49. The van der Waals surface area contributed by atoms with E-state index in [1.807, 2.05) is 19.1 Å². The molecule has 0 aromatic heterocycles. The molecule has 0 saturated heterocycles. The van der Waals surface area contributed by atoms with Crippen LogP contribution in [0.4, 0.5) is 0 Å². The van der Waals surface area contributed by atoms with E-state index < -0.39 is 6.10 Å². The van der Waals surface area contributed by atoms with Crippen molar-refractivity contribution in [1.82, 2.24) is 5.32 Å². The van der Waals surface area contributed by atoms with Crippen molar-refractivity contribution in [2.45, 2.75) is 38.9 Å². The number of nitrogens with one attached hydrogen (secondary N) is 1. The lowest BCUT2D eigenvalue weighted by molar-refractivity contribution is 0.170. The quantitative estimate of drug-likeness (QED) is 0.773. The predicted molar refractivity (Wildman–Crippen MR) is 74.9 cm³/mol. The van der Waals surface area contributed by atoms with Crippen LogP contribution in [-0.4, -0.2) is 31.4 Å². The van der Waals surface area contributed by atoms with Gasteiger partial charge in [0.2, 0.25) is 0 Å². The van der Waals surface area contributed by atoms with Crippen molar-refractivity contribution >= 4 is 0 Å². The molecule has 0 saturated carbocycles. The SMILES string of the molecule is CCCNCC(O)c1cc2c(cc1OC)CC(C)O2. The molecule has 1 heterocycles. The van der Waals surface area contributed by atoms with Gasteiger partial charge in [-0.1, -0.05) is 6.92 Å². The topological polar surface area (TPSA) is 50.7 Å². The van der Waals surface area contributed by atoms with Gasteiger partial charge in [-0.05, 0) is 32.0 Å². The molecular formula is C15H23NO3. The smallest absolute Gasteiger partial charge is 0.125 e. The van der Waals surface area contributed by atoms with E-state index in [1.54, 1.807) is 7.11 Å². The highest BCUT2D eigenvalue weighted by Gasteiger charge is 2.23. The number of aliphatic hydroxyl groups is 1. The Labute approximate surface area is 114 Å². The van der Waals surface area contributed by atoms with Crippen molar-refractivity contribution in [1.29, 1.82) is 0 Å². The molecule has 0 fully saturated rings. The van der Waals surface area contributed by atoms with Crippen LogP contribution in [0, 0.1) is 0 Å². The average molecular weight is 265 g/mol. The van der Waals surface area contributed by atoms with Gasteiger partial charge < -0.3 is 19.9 Å². The number of methoxy groups -OCH3 is 1. The lowest BCUT2D eigenvalue weighted by atomic mass is 10.0. The molecule has 1 aliphatic heterocycles. The van der Waals surface area contributed by atoms with E-state index in [9.17, 15) is 5.11 Å². The Morgan fingerprint density at radius 2 is 2.32 bits per heavy atom. The second kappa shape index (κ2) is 6.26. The van der Waals surface area contributed by atoms with Gasteiger partial charge in [0.25, 0.3) is 0 Å². The van der Waals surface area contributed by atoms with E-state index in [0.717, 1.165) is 42.0 Å². The van der Waals surface area contributed by atoms with Crippen LogP contribution in [0.3, 0.4) is 0 Å². The Bertz CT molecular complexity index is 434. The molecular weight excluding hydrogens is 242 g/mol. The van der Waals surface area contributed by atoms with Gasteiger partial charge in [0.05, 0.1) is 13.2 Å². The number of aliphatic hydroxyl groups excluding tert-OH is 1. The summed E-state index contributed by atoms with van der Waals surface area (Å²) in [6.45, 7) is 5.58. The molecule has 106 valence electrons. The zero-order chi connectivity index (χ0) is 13.8. The fourth-order valence-corrected chi connectivity index (χ4v) is 2.42. The fourth-order valence-electron chi connectivity index (χ4n) is 2.42. The third-order valence-corrected chi connectivity index (χ3v) is 3.37. The van der Waals surface area contributed by atoms with Crippen molar-refractivity contribution in [3.63, 3.8) is 0 Å². The molecule has 1 aliphatic rings. The Kier molecular flexibility index (Phi) is 4.66. The van der Waals surface area contributed by atoms with Crippen molar-refractivity contribution in [2.75, 3.05) is 20.2 Å². The summed E-state index contributed by atoms with van der Waals surface area (Å²) in [5.74, 6) is 1.61. The van der Waals surface area contributed by atoms with E-state index >= 15 is 0 Å². The summed E-state index contributed by atoms with van der Waals surface area (Å²) in [6.07, 6.45) is 1.57. The highest BCUT2D eigenvalue weighted by Crippen LogP contribution is 2.37. The van der Waals surface area contributed by atoms with E-state index in [2.05, 4.69) is 12.2 Å². The Hall–Kier alpha value is -1.26. The standard InChI is InChI=1S/C15H23NO3/c1-4-5-16-9-13(17)12-8-14-11(6-10(2)19-14)7-15(12)18-3/h7-8,10,13,16-17H,4-6,9H2,1-3H3. The van der Waals surface area contributed by atoms with Crippen molar-refractivity contribution in [2.24, 2.45) is 0 Å². The van der Waals surface area contributed by atoms with Gasteiger partial charge >= 0.3 is 0 Å². The molecule has 19 heavy (non-hydrogen) atoms. The molecule has 2 atom stereocenters. The number of benzene rings is 1. The lowest BCUT2D eigenvalue weighted by Crippen LogP contribution is -2.22. The van der Waals surface area contributed by atoms with Gasteiger partial charge in [-0.2, -0.15) is 0 Å². The van der Waals surface area contributed by atoms with Crippen molar-refractivity contribution in [3.05, 3.63) is 23.3 Å². The molecule has 4 nitrogen and oxygen atoms in total. The molecule has 0 aliphatic carbocycles. The average Bonchev–Trinajstić information content (AvgIpc) is 2.76. The Balaban J connectivity index is 2.17. The van der Waals surface area contributed by atoms with Crippen LogP contribution in [0.1, 0.15) is 37.5 Å². The van der Waals surface area contributed by atoms with Crippen LogP contribution in [0.25, 0.3) is 0 Å². The normalized spacial score (nSPS) is 18.8. The maximum Gasteiger partial charge on any atom is 0.125 e. The zero-order valence-corrected chi connectivity index (χ0v) is 11.9. The Morgan fingerprint density at radius 3 is 3.00 bits per heavy atom. The molecule has 0 bridgehead atoms. The minimum absolute atomic E-state index is 0.199. The lowest BCUT2D eigenvalue weighted by Gasteiger charge is -2.16. The minimum Gasteiger partial charge on any atom is -0.496 e. The van der Waals surface area contributed by atoms with E-state index in [1.165, 1.54) is 0 Å². The van der Waals surface area contributed by atoms with Gasteiger partial charge in [-0.25, -0.2) is 0 Å². The third kappa shape index (κ3) is 3.19. The first kappa shape index (κ1) is 14.2. The number of rotatable bonds is 6. The van der Waals surface area contributed by atoms with Gasteiger partial charge in [0, 0.05) is 24.1 Å². The van der Waals surface area contributed by atoms with Crippen LogP contribution >= 0.6 is 0 Å². The molecule has 1 aromatic carbocycles. The first-order chi connectivity index (χ1) is 9.15. The highest BCUT2D eigenvalue weighted by atomic mass is 16.5. The summed E-state index contributed by atoms with van der Waals surface area (Å²) in [5.41, 5.74) is 1.95. The molecule has 0 spiro atoms. The summed E-state index contributed by atoms with van der Waals surface area (Å²) in [5, 5.41) is 13.5. The number of fused-ring (bicyclic) bond motifs is 1. The monoisotopic (exact) mass is 265 g/mol. The zero-order valence-electron chi connectivity index (χ0n) is 11.9. The van der Waals surface area contributed by atoms with Gasteiger partial charge in [0.1, 0.15) is 17.6 Å². The number of hydrogen-bond acceptors (Lipinski definition) is 4. The first-order valence-corrected chi connectivity index (χ1v) is 6.92. The van der Waals surface area contributed by atoms with E-state index in [-0.39, 0.29) is 6.10 Å². The molecule has 1 aromatic rings. The summed E-state index contributed by atoms with van der Waals surface area (Å²) < 4.78 is 11.1. The maximum absolute atomic E-state index is 10.3. The largest absolute Gasteiger partial charge is 0.496 e. The molecule has 2 unspecified atom stereocenters. The van der Waals surface area contributed by atoms with Gasteiger partial charge in [-0.3, -0.25) is 0 Å². The molecule has 2 N–H and O–H groups in total. The van der Waals surface area contributed by atoms with Crippen LogP contribution < -0.4 is 14.8 Å². The van der Waals surface area contributed by atoms with Crippen LogP contribution in [0.15, 0.2) is 12.1 Å². The fraction of sp³-hybridized carbons (Fsp3) is 0.600.